The summed E-state index contributed by atoms with van der Waals surface area (Å²) >= 11 is 0. The van der Waals surface area contributed by atoms with E-state index in [1.54, 1.807) is 0 Å². The molecule has 156 valence electrons. The number of rotatable bonds is 3. The summed E-state index contributed by atoms with van der Waals surface area (Å²) in [6.45, 7) is 6.61. The van der Waals surface area contributed by atoms with E-state index < -0.39 is 0 Å². The summed E-state index contributed by atoms with van der Waals surface area (Å²) in [5, 5.41) is 0. The summed E-state index contributed by atoms with van der Waals surface area (Å²) in [6.07, 6.45) is 2.45. The molecular formula is C30H36. The van der Waals surface area contributed by atoms with Crippen molar-refractivity contribution in [2.45, 2.75) is 39.5 Å². The number of hydrogen-bond acceptors (Lipinski definition) is 0. The zero-order valence-electron chi connectivity index (χ0n) is 18.7. The maximum Gasteiger partial charge on any atom is -0.0219 e. The van der Waals surface area contributed by atoms with Crippen LogP contribution >= 0.6 is 0 Å². The monoisotopic (exact) mass is 396 g/mol. The van der Waals surface area contributed by atoms with Crippen LogP contribution in [0, 0.1) is 0 Å². The standard InChI is InChI=1S/2C9H12.2C6H6/c1-8(2)9-6-4-3-5-7-9;1-2-6-9-7-4-3-5-8-9;2*1-2-4-6-5-3-1/h3-8H,1-2H3;3-5,7-8H,2,6H2,1H3;2*1-6H. The van der Waals surface area contributed by atoms with Crippen molar-refractivity contribution in [2.24, 2.45) is 0 Å². The van der Waals surface area contributed by atoms with E-state index in [2.05, 4.69) is 75.4 Å². The predicted octanol–water partition coefficient (Wildman–Crippen LogP) is 8.82. The van der Waals surface area contributed by atoms with E-state index in [4.69, 9.17) is 0 Å². The first-order chi connectivity index (χ1) is 14.7. The zero-order chi connectivity index (χ0) is 21.7. The second kappa shape index (κ2) is 17.9. The minimum atomic E-state index is 0.659. The molecule has 0 aliphatic heterocycles. The van der Waals surface area contributed by atoms with E-state index in [9.17, 15) is 0 Å². The molecule has 0 fully saturated rings. The fourth-order valence-electron chi connectivity index (χ4n) is 2.54. The predicted molar refractivity (Wildman–Crippen MR) is 134 cm³/mol. The van der Waals surface area contributed by atoms with Gasteiger partial charge in [-0.15, -0.1) is 0 Å². The molecule has 0 aromatic heterocycles. The van der Waals surface area contributed by atoms with E-state index >= 15 is 0 Å². The molecule has 0 radical (unpaired) electrons. The first-order valence-electron chi connectivity index (χ1n) is 10.8. The molecule has 0 amide bonds. The summed E-state index contributed by atoms with van der Waals surface area (Å²) in [7, 11) is 0. The van der Waals surface area contributed by atoms with E-state index in [-0.39, 0.29) is 0 Å². The van der Waals surface area contributed by atoms with E-state index in [0.717, 1.165) is 0 Å². The third kappa shape index (κ3) is 14.0. The van der Waals surface area contributed by atoms with Crippen molar-refractivity contribution in [2.75, 3.05) is 0 Å². The molecule has 0 aliphatic carbocycles. The summed E-state index contributed by atoms with van der Waals surface area (Å²) < 4.78 is 0. The largest absolute Gasteiger partial charge is 0.0651 e. The second-order valence-corrected chi connectivity index (χ2v) is 7.11. The summed E-state index contributed by atoms with van der Waals surface area (Å²) in [5.41, 5.74) is 2.86. The maximum atomic E-state index is 2.20. The van der Waals surface area contributed by atoms with Crippen molar-refractivity contribution >= 4 is 0 Å². The highest BCUT2D eigenvalue weighted by molar-refractivity contribution is 5.17. The highest BCUT2D eigenvalue weighted by Gasteiger charge is 1.93. The SMILES string of the molecule is CC(C)c1ccccc1.CCCc1ccccc1.c1ccccc1.c1ccccc1. The fraction of sp³-hybridized carbons (Fsp3) is 0.200. The molecule has 30 heavy (non-hydrogen) atoms. The molecule has 0 bridgehead atoms. The molecule has 0 heterocycles. The topological polar surface area (TPSA) is 0 Å². The second-order valence-electron chi connectivity index (χ2n) is 7.11. The number of benzene rings is 4. The zero-order valence-corrected chi connectivity index (χ0v) is 18.7. The Kier molecular flexibility index (Phi) is 14.9. The summed E-state index contributed by atoms with van der Waals surface area (Å²) in [5.74, 6) is 0.659. The Hall–Kier alpha value is -3.12. The molecule has 0 saturated carbocycles. The molecule has 0 unspecified atom stereocenters. The number of hydrogen-bond donors (Lipinski definition) is 0. The van der Waals surface area contributed by atoms with E-state index in [1.165, 1.54) is 24.0 Å². The maximum absolute atomic E-state index is 2.20. The molecule has 4 rings (SSSR count). The van der Waals surface area contributed by atoms with Gasteiger partial charge in [0.25, 0.3) is 0 Å². The first-order valence-corrected chi connectivity index (χ1v) is 10.8. The molecule has 0 N–H and O–H groups in total. The minimum Gasteiger partial charge on any atom is -0.0651 e. The number of aryl methyl sites for hydroxylation is 1. The lowest BCUT2D eigenvalue weighted by Gasteiger charge is -2.01. The minimum absolute atomic E-state index is 0.659. The van der Waals surface area contributed by atoms with E-state index in [0.29, 0.717) is 5.92 Å². The Morgan fingerprint density at radius 2 is 0.767 bits per heavy atom. The van der Waals surface area contributed by atoms with Gasteiger partial charge in [0.2, 0.25) is 0 Å². The summed E-state index contributed by atoms with van der Waals surface area (Å²) in [6, 6.07) is 45.1. The van der Waals surface area contributed by atoms with Gasteiger partial charge in [-0.05, 0) is 23.5 Å². The molecule has 0 saturated heterocycles. The molecule has 0 nitrogen and oxygen atoms in total. The molecule has 4 aromatic carbocycles. The van der Waals surface area contributed by atoms with Crippen LogP contribution in [0.25, 0.3) is 0 Å². The molecule has 0 heteroatoms. The van der Waals surface area contributed by atoms with Crippen molar-refractivity contribution in [3.63, 3.8) is 0 Å². The highest BCUT2D eigenvalue weighted by atomic mass is 14.0. The van der Waals surface area contributed by atoms with Gasteiger partial charge in [0.1, 0.15) is 0 Å². The Bertz CT molecular complexity index is 722. The van der Waals surface area contributed by atoms with Crippen molar-refractivity contribution in [1.29, 1.82) is 0 Å². The van der Waals surface area contributed by atoms with Crippen molar-refractivity contribution < 1.29 is 0 Å². The van der Waals surface area contributed by atoms with Crippen LogP contribution in [0.3, 0.4) is 0 Å². The molecule has 0 atom stereocenters. The van der Waals surface area contributed by atoms with Crippen LogP contribution in [-0.2, 0) is 6.42 Å². The summed E-state index contributed by atoms with van der Waals surface area (Å²) in [4.78, 5) is 0. The normalized spacial score (nSPS) is 9.07. The third-order valence-electron chi connectivity index (χ3n) is 4.18. The third-order valence-corrected chi connectivity index (χ3v) is 4.18. The van der Waals surface area contributed by atoms with Crippen LogP contribution in [0.15, 0.2) is 133 Å². The lowest BCUT2D eigenvalue weighted by molar-refractivity contribution is 0.867. The van der Waals surface area contributed by atoms with Crippen LogP contribution in [0.2, 0.25) is 0 Å². The Morgan fingerprint density at radius 3 is 1.03 bits per heavy atom. The molecule has 0 aliphatic rings. The average Bonchev–Trinajstić information content (AvgIpc) is 2.84. The lowest BCUT2D eigenvalue weighted by Crippen LogP contribution is -1.83. The van der Waals surface area contributed by atoms with Gasteiger partial charge >= 0.3 is 0 Å². The quantitative estimate of drug-likeness (QED) is 0.324. The van der Waals surface area contributed by atoms with Crippen LogP contribution in [0.4, 0.5) is 0 Å². The van der Waals surface area contributed by atoms with Gasteiger partial charge < -0.3 is 0 Å². The van der Waals surface area contributed by atoms with Crippen molar-refractivity contribution in [1.82, 2.24) is 0 Å². The van der Waals surface area contributed by atoms with Crippen LogP contribution in [-0.4, -0.2) is 0 Å². The van der Waals surface area contributed by atoms with Gasteiger partial charge in [0.15, 0.2) is 0 Å². The Morgan fingerprint density at radius 1 is 0.467 bits per heavy atom. The molecule has 0 spiro atoms. The van der Waals surface area contributed by atoms with Crippen LogP contribution < -0.4 is 0 Å². The Balaban J connectivity index is 0.000000204. The smallest absolute Gasteiger partial charge is 0.0219 e. The highest BCUT2D eigenvalue weighted by Crippen LogP contribution is 2.11. The fourth-order valence-corrected chi connectivity index (χ4v) is 2.54. The Labute approximate surface area is 184 Å². The van der Waals surface area contributed by atoms with Gasteiger partial charge in [0, 0.05) is 0 Å². The van der Waals surface area contributed by atoms with Gasteiger partial charge in [-0.1, -0.05) is 161 Å². The molecular weight excluding hydrogens is 360 g/mol. The molecule has 4 aromatic rings. The van der Waals surface area contributed by atoms with E-state index in [1.807, 2.05) is 78.9 Å². The lowest BCUT2D eigenvalue weighted by atomic mass is 10.0. The van der Waals surface area contributed by atoms with Crippen LogP contribution in [0.5, 0.6) is 0 Å². The van der Waals surface area contributed by atoms with Gasteiger partial charge in [-0.25, -0.2) is 0 Å². The van der Waals surface area contributed by atoms with Gasteiger partial charge in [-0.3, -0.25) is 0 Å². The average molecular weight is 397 g/mol. The first kappa shape index (κ1) is 24.9. The van der Waals surface area contributed by atoms with Crippen LogP contribution in [0.1, 0.15) is 44.2 Å². The van der Waals surface area contributed by atoms with Gasteiger partial charge in [0.05, 0.1) is 0 Å². The van der Waals surface area contributed by atoms with Crippen molar-refractivity contribution in [3.05, 3.63) is 145 Å². The van der Waals surface area contributed by atoms with Crippen molar-refractivity contribution in [3.8, 4) is 0 Å². The van der Waals surface area contributed by atoms with Gasteiger partial charge in [-0.2, -0.15) is 0 Å².